The second kappa shape index (κ2) is 6.22. The number of benzene rings is 1. The Labute approximate surface area is 125 Å². The molecule has 0 aliphatic carbocycles. The molecule has 1 fully saturated rings. The van der Waals surface area contributed by atoms with Gasteiger partial charge in [-0.1, -0.05) is 6.07 Å². The average molecular weight is 293 g/mol. The van der Waals surface area contributed by atoms with Gasteiger partial charge in [0, 0.05) is 19.6 Å². The van der Waals surface area contributed by atoms with Crippen molar-refractivity contribution in [1.82, 2.24) is 4.90 Å². The maximum Gasteiger partial charge on any atom is 0.161 e. The Bertz CT molecular complexity index is 483. The van der Waals surface area contributed by atoms with Crippen LogP contribution in [0.1, 0.15) is 25.5 Å². The van der Waals surface area contributed by atoms with Gasteiger partial charge in [0.2, 0.25) is 0 Å². The van der Waals surface area contributed by atoms with E-state index in [0.29, 0.717) is 19.8 Å². The minimum atomic E-state index is -0.529. The molecule has 0 radical (unpaired) electrons. The van der Waals surface area contributed by atoms with Crippen molar-refractivity contribution in [1.29, 1.82) is 0 Å². The summed E-state index contributed by atoms with van der Waals surface area (Å²) < 4.78 is 16.8. The van der Waals surface area contributed by atoms with Gasteiger partial charge in [0.1, 0.15) is 13.2 Å². The lowest BCUT2D eigenvalue weighted by atomic mass is 10.1. The van der Waals surface area contributed by atoms with E-state index in [2.05, 4.69) is 18.7 Å². The van der Waals surface area contributed by atoms with Gasteiger partial charge >= 0.3 is 0 Å². The van der Waals surface area contributed by atoms with E-state index in [1.807, 2.05) is 18.2 Å². The third-order valence-electron chi connectivity index (χ3n) is 3.88. The fraction of sp³-hybridized carbons (Fsp3) is 0.625. The maximum atomic E-state index is 10.5. The molecule has 0 spiro atoms. The molecule has 3 rings (SSSR count). The number of rotatable bonds is 3. The predicted octanol–water partition coefficient (Wildman–Crippen LogP) is 1.60. The number of fused-ring (bicyclic) bond motifs is 1. The van der Waals surface area contributed by atoms with E-state index in [0.717, 1.165) is 30.2 Å². The van der Waals surface area contributed by atoms with Gasteiger partial charge in [-0.05, 0) is 31.5 Å². The first-order chi connectivity index (χ1) is 10.1. The molecular formula is C16H23NO4. The van der Waals surface area contributed by atoms with Crippen LogP contribution in [0.4, 0.5) is 0 Å². The number of hydrogen-bond acceptors (Lipinski definition) is 5. The Kier molecular flexibility index (Phi) is 4.33. The van der Waals surface area contributed by atoms with Crippen molar-refractivity contribution in [3.8, 4) is 11.5 Å². The molecule has 1 N–H and O–H groups in total. The first kappa shape index (κ1) is 14.6. The van der Waals surface area contributed by atoms with Crippen molar-refractivity contribution in [2.75, 3.05) is 32.8 Å². The molecule has 0 aromatic heterocycles. The molecule has 1 saturated heterocycles. The number of hydrogen-bond donors (Lipinski definition) is 1. The predicted molar refractivity (Wildman–Crippen MR) is 78.8 cm³/mol. The molecular weight excluding hydrogens is 270 g/mol. The number of nitrogens with zero attached hydrogens (tertiary/aromatic N) is 1. The second-order valence-electron chi connectivity index (χ2n) is 5.89. The minimum Gasteiger partial charge on any atom is -0.486 e. The summed E-state index contributed by atoms with van der Waals surface area (Å²) in [4.78, 5) is 2.25. The Balaban J connectivity index is 1.66. The van der Waals surface area contributed by atoms with Gasteiger partial charge in [0.25, 0.3) is 0 Å². The van der Waals surface area contributed by atoms with Crippen LogP contribution in [0.3, 0.4) is 0 Å². The normalized spacial score (nSPS) is 27.4. The van der Waals surface area contributed by atoms with Crippen LogP contribution >= 0.6 is 0 Å². The summed E-state index contributed by atoms with van der Waals surface area (Å²) in [6, 6.07) is 5.66. The summed E-state index contributed by atoms with van der Waals surface area (Å²) in [5.41, 5.74) is 0.867. The van der Waals surface area contributed by atoms with E-state index in [-0.39, 0.29) is 12.2 Å². The fourth-order valence-corrected chi connectivity index (χ4v) is 3.05. The zero-order valence-corrected chi connectivity index (χ0v) is 12.6. The smallest absolute Gasteiger partial charge is 0.161 e. The monoisotopic (exact) mass is 293 g/mol. The van der Waals surface area contributed by atoms with E-state index >= 15 is 0 Å². The fourth-order valence-electron chi connectivity index (χ4n) is 3.05. The van der Waals surface area contributed by atoms with Crippen LogP contribution in [-0.2, 0) is 4.74 Å². The van der Waals surface area contributed by atoms with Crippen LogP contribution in [0.2, 0.25) is 0 Å². The van der Waals surface area contributed by atoms with Gasteiger partial charge in [-0.3, -0.25) is 4.90 Å². The van der Waals surface area contributed by atoms with Crippen molar-refractivity contribution in [3.63, 3.8) is 0 Å². The third kappa shape index (κ3) is 3.48. The van der Waals surface area contributed by atoms with Crippen LogP contribution in [0.15, 0.2) is 18.2 Å². The minimum absolute atomic E-state index is 0.209. The zero-order chi connectivity index (χ0) is 14.8. The molecule has 1 aromatic carbocycles. The van der Waals surface area contributed by atoms with Crippen molar-refractivity contribution < 1.29 is 19.3 Å². The van der Waals surface area contributed by atoms with E-state index < -0.39 is 6.10 Å². The molecule has 2 aliphatic rings. The summed E-state index contributed by atoms with van der Waals surface area (Å²) in [6.07, 6.45) is -0.110. The van der Waals surface area contributed by atoms with Gasteiger partial charge in [-0.15, -0.1) is 0 Å². The standard InChI is InChI=1S/C16H23NO4/c1-11-8-17(9-12(2)21-11)10-14(18)13-3-4-15-16(7-13)20-6-5-19-15/h3-4,7,11-12,14,18H,5-6,8-10H2,1-2H3/t11-,12+,14-/m1/s1. The second-order valence-corrected chi connectivity index (χ2v) is 5.89. The van der Waals surface area contributed by atoms with Crippen molar-refractivity contribution in [3.05, 3.63) is 23.8 Å². The molecule has 0 bridgehead atoms. The highest BCUT2D eigenvalue weighted by Gasteiger charge is 2.25. The average Bonchev–Trinajstić information content (AvgIpc) is 2.45. The van der Waals surface area contributed by atoms with Crippen LogP contribution in [0, 0.1) is 0 Å². The molecule has 116 valence electrons. The molecule has 3 atom stereocenters. The topological polar surface area (TPSA) is 51.2 Å². The summed E-state index contributed by atoms with van der Waals surface area (Å²) >= 11 is 0. The van der Waals surface area contributed by atoms with Gasteiger partial charge in [0.05, 0.1) is 18.3 Å². The number of β-amino-alcohol motifs (C(OH)–C–C–N with tert-alkyl or cyclic N) is 1. The van der Waals surface area contributed by atoms with Crippen molar-refractivity contribution in [2.45, 2.75) is 32.2 Å². The highest BCUT2D eigenvalue weighted by molar-refractivity contribution is 5.44. The number of aliphatic hydroxyl groups is 1. The number of ether oxygens (including phenoxy) is 3. The first-order valence-electron chi connectivity index (χ1n) is 7.57. The van der Waals surface area contributed by atoms with Crippen LogP contribution in [-0.4, -0.2) is 55.1 Å². The first-order valence-corrected chi connectivity index (χ1v) is 7.57. The summed E-state index contributed by atoms with van der Waals surface area (Å²) in [7, 11) is 0. The number of aliphatic hydroxyl groups excluding tert-OH is 1. The van der Waals surface area contributed by atoms with E-state index in [1.54, 1.807) is 0 Å². The molecule has 21 heavy (non-hydrogen) atoms. The Hall–Kier alpha value is -1.30. The molecule has 0 amide bonds. The summed E-state index contributed by atoms with van der Waals surface area (Å²) in [6.45, 7) is 7.59. The van der Waals surface area contributed by atoms with Gasteiger partial charge < -0.3 is 19.3 Å². The highest BCUT2D eigenvalue weighted by atomic mass is 16.6. The Morgan fingerprint density at radius 3 is 2.52 bits per heavy atom. The highest BCUT2D eigenvalue weighted by Crippen LogP contribution is 2.33. The molecule has 5 nitrogen and oxygen atoms in total. The van der Waals surface area contributed by atoms with Crippen LogP contribution in [0.25, 0.3) is 0 Å². The van der Waals surface area contributed by atoms with Gasteiger partial charge in [0.15, 0.2) is 11.5 Å². The number of morpholine rings is 1. The van der Waals surface area contributed by atoms with Gasteiger partial charge in [-0.25, -0.2) is 0 Å². The van der Waals surface area contributed by atoms with E-state index in [1.165, 1.54) is 0 Å². The quantitative estimate of drug-likeness (QED) is 0.917. The van der Waals surface area contributed by atoms with Crippen LogP contribution < -0.4 is 9.47 Å². The molecule has 2 aliphatic heterocycles. The lowest BCUT2D eigenvalue weighted by Gasteiger charge is -2.36. The maximum absolute atomic E-state index is 10.5. The molecule has 1 aromatic rings. The summed E-state index contributed by atoms with van der Waals surface area (Å²) in [5, 5.41) is 10.5. The molecule has 5 heteroatoms. The van der Waals surface area contributed by atoms with Crippen molar-refractivity contribution >= 4 is 0 Å². The third-order valence-corrected chi connectivity index (χ3v) is 3.88. The van der Waals surface area contributed by atoms with Gasteiger partial charge in [-0.2, -0.15) is 0 Å². The van der Waals surface area contributed by atoms with Crippen LogP contribution in [0.5, 0.6) is 11.5 Å². The summed E-state index contributed by atoms with van der Waals surface area (Å²) in [5.74, 6) is 1.48. The Morgan fingerprint density at radius 1 is 1.14 bits per heavy atom. The van der Waals surface area contributed by atoms with E-state index in [4.69, 9.17) is 14.2 Å². The van der Waals surface area contributed by atoms with E-state index in [9.17, 15) is 5.11 Å². The SMILES string of the molecule is C[C@@H]1CN(C[C@@H](O)c2ccc3c(c2)OCCO3)C[C@H](C)O1. The molecule has 0 saturated carbocycles. The molecule has 0 unspecified atom stereocenters. The lowest BCUT2D eigenvalue weighted by molar-refractivity contribution is -0.0767. The zero-order valence-electron chi connectivity index (χ0n) is 12.6. The van der Waals surface area contributed by atoms with Crippen molar-refractivity contribution in [2.24, 2.45) is 0 Å². The Morgan fingerprint density at radius 2 is 1.81 bits per heavy atom. The lowest BCUT2D eigenvalue weighted by Crippen LogP contribution is -2.46. The largest absolute Gasteiger partial charge is 0.486 e. The molecule has 2 heterocycles.